The lowest BCUT2D eigenvalue weighted by Crippen LogP contribution is -1.99. The van der Waals surface area contributed by atoms with Gasteiger partial charge < -0.3 is 4.98 Å². The highest BCUT2D eigenvalue weighted by Crippen LogP contribution is 2.28. The Morgan fingerprint density at radius 3 is 2.67 bits per heavy atom. The number of hydrogen-bond donors (Lipinski definition) is 2. The Bertz CT molecular complexity index is 748. The van der Waals surface area contributed by atoms with E-state index in [1.807, 2.05) is 6.07 Å². The number of fused-ring (bicyclic) bond motifs is 1. The molecule has 0 saturated heterocycles. The molecular weight excluding hydrogens is 253 g/mol. The average Bonchev–Trinajstić information content (AvgIpc) is 2.71. The summed E-state index contributed by atoms with van der Waals surface area (Å²) in [5.74, 6) is -0.261. The molecule has 0 unspecified atom stereocenters. The lowest BCUT2D eigenvalue weighted by atomic mass is 10.4. The summed E-state index contributed by atoms with van der Waals surface area (Å²) in [6.45, 7) is 0. The largest absolute Gasteiger partial charge is 0.325 e. The quantitative estimate of drug-likeness (QED) is 0.745. The van der Waals surface area contributed by atoms with Crippen molar-refractivity contribution < 1.29 is 4.39 Å². The number of hydrogen-bond acceptors (Lipinski definition) is 3. The van der Waals surface area contributed by atoms with E-state index < -0.39 is 0 Å². The van der Waals surface area contributed by atoms with Crippen molar-refractivity contribution in [1.29, 1.82) is 0 Å². The van der Waals surface area contributed by atoms with E-state index in [1.54, 1.807) is 18.3 Å². The van der Waals surface area contributed by atoms with Crippen molar-refractivity contribution in [2.75, 3.05) is 0 Å². The second kappa shape index (κ2) is 4.30. The van der Waals surface area contributed by atoms with Gasteiger partial charge >= 0.3 is 5.69 Å². The van der Waals surface area contributed by atoms with Gasteiger partial charge in [0.15, 0.2) is 5.65 Å². The number of pyridine rings is 1. The van der Waals surface area contributed by atoms with Gasteiger partial charge in [0.25, 0.3) is 0 Å². The highest BCUT2D eigenvalue weighted by Gasteiger charge is 2.03. The van der Waals surface area contributed by atoms with Crippen molar-refractivity contribution in [3.8, 4) is 0 Å². The summed E-state index contributed by atoms with van der Waals surface area (Å²) in [4.78, 5) is 22.2. The SMILES string of the molecule is O=c1[nH]c2cc(Sc3ccc(F)cc3)cnc2[nH]1. The Morgan fingerprint density at radius 2 is 1.89 bits per heavy atom. The molecule has 90 valence electrons. The summed E-state index contributed by atoms with van der Waals surface area (Å²) in [5.41, 5.74) is 0.914. The molecule has 0 amide bonds. The summed E-state index contributed by atoms with van der Waals surface area (Å²) in [6.07, 6.45) is 1.67. The zero-order valence-corrected chi connectivity index (χ0v) is 9.92. The highest BCUT2D eigenvalue weighted by molar-refractivity contribution is 7.99. The molecule has 2 heterocycles. The molecule has 1 aromatic carbocycles. The van der Waals surface area contributed by atoms with Crippen molar-refractivity contribution in [2.45, 2.75) is 9.79 Å². The molecule has 6 heteroatoms. The lowest BCUT2D eigenvalue weighted by molar-refractivity contribution is 0.626. The maximum absolute atomic E-state index is 12.8. The Morgan fingerprint density at radius 1 is 1.11 bits per heavy atom. The molecule has 4 nitrogen and oxygen atoms in total. The molecule has 3 aromatic rings. The standard InChI is InChI=1S/C12H8FN3OS/c13-7-1-3-8(4-2-7)18-9-5-10-11(14-6-9)16-12(17)15-10/h1-6H,(H2,14,15,16,17). The zero-order valence-electron chi connectivity index (χ0n) is 9.11. The summed E-state index contributed by atoms with van der Waals surface area (Å²) in [6, 6.07) is 8.04. The Balaban J connectivity index is 1.94. The van der Waals surface area contributed by atoms with Crippen LogP contribution in [-0.2, 0) is 0 Å². The number of aromatic amines is 2. The summed E-state index contributed by atoms with van der Waals surface area (Å²) >= 11 is 1.46. The van der Waals surface area contributed by atoms with E-state index in [-0.39, 0.29) is 11.5 Å². The predicted molar refractivity (Wildman–Crippen MR) is 67.2 cm³/mol. The molecule has 0 bridgehead atoms. The Labute approximate surface area is 105 Å². The van der Waals surface area contributed by atoms with E-state index in [0.717, 1.165) is 9.79 Å². The monoisotopic (exact) mass is 261 g/mol. The van der Waals surface area contributed by atoms with Gasteiger partial charge in [0.05, 0.1) is 5.52 Å². The minimum atomic E-state index is -0.276. The molecule has 0 fully saturated rings. The first-order valence-corrected chi connectivity index (χ1v) is 6.04. The molecule has 2 aromatic heterocycles. The number of nitrogens with one attached hydrogen (secondary N) is 2. The third-order valence-electron chi connectivity index (χ3n) is 2.39. The first-order chi connectivity index (χ1) is 8.70. The molecule has 0 radical (unpaired) electrons. The smallest absolute Gasteiger partial charge is 0.304 e. The second-order valence-electron chi connectivity index (χ2n) is 3.70. The Hall–Kier alpha value is -2.08. The fourth-order valence-corrected chi connectivity index (χ4v) is 2.42. The summed E-state index contributed by atoms with van der Waals surface area (Å²) in [5, 5.41) is 0. The van der Waals surface area contributed by atoms with E-state index in [4.69, 9.17) is 0 Å². The van der Waals surface area contributed by atoms with Gasteiger partial charge in [-0.25, -0.2) is 14.2 Å². The first-order valence-electron chi connectivity index (χ1n) is 5.22. The fraction of sp³-hybridized carbons (Fsp3) is 0. The Kier molecular flexibility index (Phi) is 2.64. The van der Waals surface area contributed by atoms with E-state index in [9.17, 15) is 9.18 Å². The topological polar surface area (TPSA) is 61.5 Å². The molecule has 0 aliphatic carbocycles. The normalized spacial score (nSPS) is 10.9. The minimum absolute atomic E-state index is 0.261. The molecule has 2 N–H and O–H groups in total. The maximum Gasteiger partial charge on any atom is 0.325 e. The van der Waals surface area contributed by atoms with E-state index in [0.29, 0.717) is 11.2 Å². The number of nitrogens with zero attached hydrogens (tertiary/aromatic N) is 1. The van der Waals surface area contributed by atoms with Crippen molar-refractivity contribution in [3.63, 3.8) is 0 Å². The van der Waals surface area contributed by atoms with Gasteiger partial charge in [0.1, 0.15) is 5.82 Å². The molecule has 0 atom stereocenters. The van der Waals surface area contributed by atoms with Crippen LogP contribution in [0.4, 0.5) is 4.39 Å². The second-order valence-corrected chi connectivity index (χ2v) is 4.85. The third kappa shape index (κ3) is 2.14. The first kappa shape index (κ1) is 11.0. The number of benzene rings is 1. The molecule has 0 aliphatic rings. The number of rotatable bonds is 2. The lowest BCUT2D eigenvalue weighted by Gasteiger charge is -2.00. The number of imidazole rings is 1. The highest BCUT2D eigenvalue weighted by atomic mass is 32.2. The summed E-state index contributed by atoms with van der Waals surface area (Å²) in [7, 11) is 0. The van der Waals surface area contributed by atoms with Crippen molar-refractivity contribution in [1.82, 2.24) is 15.0 Å². The van der Waals surface area contributed by atoms with Crippen molar-refractivity contribution in [3.05, 3.63) is 52.8 Å². The van der Waals surface area contributed by atoms with E-state index in [1.165, 1.54) is 23.9 Å². The van der Waals surface area contributed by atoms with Crippen LogP contribution in [0.2, 0.25) is 0 Å². The van der Waals surface area contributed by atoms with Gasteiger partial charge in [-0.2, -0.15) is 0 Å². The molecule has 3 rings (SSSR count). The minimum Gasteiger partial charge on any atom is -0.304 e. The van der Waals surface area contributed by atoms with E-state index >= 15 is 0 Å². The number of aromatic nitrogens is 3. The van der Waals surface area contributed by atoms with Crippen LogP contribution < -0.4 is 5.69 Å². The van der Waals surface area contributed by atoms with Crippen LogP contribution in [0.3, 0.4) is 0 Å². The number of halogens is 1. The molecule has 0 spiro atoms. The van der Waals surface area contributed by atoms with Crippen LogP contribution in [0.15, 0.2) is 51.1 Å². The van der Waals surface area contributed by atoms with Crippen LogP contribution in [-0.4, -0.2) is 15.0 Å². The fourth-order valence-electron chi connectivity index (χ4n) is 1.60. The van der Waals surface area contributed by atoms with Crippen LogP contribution in [0.5, 0.6) is 0 Å². The predicted octanol–water partition coefficient (Wildman–Crippen LogP) is 2.54. The van der Waals surface area contributed by atoms with Crippen LogP contribution in [0, 0.1) is 5.82 Å². The van der Waals surface area contributed by atoms with Gasteiger partial charge in [-0.3, -0.25) is 4.98 Å². The number of H-pyrrole nitrogens is 2. The van der Waals surface area contributed by atoms with Gasteiger partial charge in [-0.05, 0) is 30.3 Å². The molecular formula is C12H8FN3OS. The molecule has 18 heavy (non-hydrogen) atoms. The maximum atomic E-state index is 12.8. The van der Waals surface area contributed by atoms with Crippen molar-refractivity contribution >= 4 is 22.9 Å². The van der Waals surface area contributed by atoms with Crippen LogP contribution in [0.25, 0.3) is 11.2 Å². The summed E-state index contributed by atoms with van der Waals surface area (Å²) < 4.78 is 12.8. The van der Waals surface area contributed by atoms with Gasteiger partial charge in [0.2, 0.25) is 0 Å². The van der Waals surface area contributed by atoms with Crippen molar-refractivity contribution in [2.24, 2.45) is 0 Å². The van der Waals surface area contributed by atoms with Gasteiger partial charge in [-0.15, -0.1) is 0 Å². The van der Waals surface area contributed by atoms with E-state index in [2.05, 4.69) is 15.0 Å². The zero-order chi connectivity index (χ0) is 12.5. The third-order valence-corrected chi connectivity index (χ3v) is 3.36. The van der Waals surface area contributed by atoms with Gasteiger partial charge in [-0.1, -0.05) is 11.8 Å². The average molecular weight is 261 g/mol. The molecule has 0 aliphatic heterocycles. The van der Waals surface area contributed by atoms with Crippen LogP contribution in [0.1, 0.15) is 0 Å². The molecule has 0 saturated carbocycles. The van der Waals surface area contributed by atoms with Crippen LogP contribution >= 0.6 is 11.8 Å². The van der Waals surface area contributed by atoms with Gasteiger partial charge in [0, 0.05) is 16.0 Å².